The summed E-state index contributed by atoms with van der Waals surface area (Å²) in [6.07, 6.45) is 3.35. The van der Waals surface area contributed by atoms with Crippen LogP contribution in [0.25, 0.3) is 0 Å². The van der Waals surface area contributed by atoms with Crippen LogP contribution in [0.2, 0.25) is 0 Å². The molecule has 0 bridgehead atoms. The van der Waals surface area contributed by atoms with Crippen LogP contribution in [0.15, 0.2) is 47.4 Å². The number of rotatable bonds is 7. The Bertz CT molecular complexity index is 1000. The fourth-order valence-electron chi connectivity index (χ4n) is 3.01. The van der Waals surface area contributed by atoms with Gasteiger partial charge in [-0.1, -0.05) is 12.1 Å². The van der Waals surface area contributed by atoms with E-state index in [4.69, 9.17) is 0 Å². The van der Waals surface area contributed by atoms with Gasteiger partial charge in [0.05, 0.1) is 0 Å². The molecule has 1 amide bonds. The summed E-state index contributed by atoms with van der Waals surface area (Å²) >= 11 is 0. The third-order valence-electron chi connectivity index (χ3n) is 4.90. The van der Waals surface area contributed by atoms with Gasteiger partial charge in [0.2, 0.25) is 10.0 Å². The average molecular weight is 406 g/mol. The molecule has 0 radical (unpaired) electrons. The highest BCUT2D eigenvalue weighted by Crippen LogP contribution is 2.34. The first kappa shape index (κ1) is 19.0. The normalized spacial score (nSPS) is 17.0. The van der Waals surface area contributed by atoms with Gasteiger partial charge in [-0.05, 0) is 61.6 Å². The van der Waals surface area contributed by atoms with Gasteiger partial charge in [0, 0.05) is 24.2 Å². The summed E-state index contributed by atoms with van der Waals surface area (Å²) in [5.74, 6) is -1.93. The number of hydrogen-bond acceptors (Lipinski definition) is 3. The van der Waals surface area contributed by atoms with Crippen molar-refractivity contribution in [2.24, 2.45) is 0 Å². The summed E-state index contributed by atoms with van der Waals surface area (Å²) < 4.78 is 54.7. The van der Waals surface area contributed by atoms with Crippen molar-refractivity contribution >= 4 is 15.9 Å². The van der Waals surface area contributed by atoms with E-state index in [0.717, 1.165) is 25.0 Å². The van der Waals surface area contributed by atoms with Crippen LogP contribution >= 0.6 is 0 Å². The molecule has 2 aliphatic carbocycles. The monoisotopic (exact) mass is 406 g/mol. The molecule has 0 saturated heterocycles. The molecule has 28 heavy (non-hydrogen) atoms. The number of benzene rings is 2. The molecule has 8 heteroatoms. The highest BCUT2D eigenvalue weighted by atomic mass is 32.2. The molecule has 2 aliphatic rings. The highest BCUT2D eigenvalue weighted by Gasteiger charge is 2.39. The van der Waals surface area contributed by atoms with Gasteiger partial charge in [-0.15, -0.1) is 0 Å². The molecule has 0 unspecified atom stereocenters. The minimum atomic E-state index is -4.18. The maximum absolute atomic E-state index is 14.1. The Hall–Kier alpha value is -2.32. The Morgan fingerprint density at radius 2 is 1.71 bits per heavy atom. The second kappa shape index (κ2) is 7.25. The first-order valence-corrected chi connectivity index (χ1v) is 10.7. The minimum Gasteiger partial charge on any atom is -0.349 e. The fourth-order valence-corrected chi connectivity index (χ4v) is 4.76. The SMILES string of the molecule is O=C(NC1CC1)c1ccc(CN(C2CC2)S(=O)(=O)c2cc(F)ccc2F)cc1. The molecule has 2 saturated carbocycles. The third kappa shape index (κ3) is 4.07. The van der Waals surface area contributed by atoms with E-state index in [0.29, 0.717) is 30.0 Å². The number of carbonyl (C=O) groups is 1. The molecule has 5 nitrogen and oxygen atoms in total. The number of hydrogen-bond donors (Lipinski definition) is 1. The van der Waals surface area contributed by atoms with Crippen molar-refractivity contribution < 1.29 is 22.0 Å². The van der Waals surface area contributed by atoms with Crippen molar-refractivity contribution in [3.63, 3.8) is 0 Å². The van der Waals surface area contributed by atoms with Gasteiger partial charge in [0.1, 0.15) is 16.5 Å². The molecular weight excluding hydrogens is 386 g/mol. The molecule has 0 aliphatic heterocycles. The van der Waals surface area contributed by atoms with Gasteiger partial charge < -0.3 is 5.32 Å². The van der Waals surface area contributed by atoms with Crippen molar-refractivity contribution in [1.29, 1.82) is 0 Å². The lowest BCUT2D eigenvalue weighted by Gasteiger charge is -2.22. The molecule has 2 aromatic carbocycles. The number of nitrogens with one attached hydrogen (secondary N) is 1. The van der Waals surface area contributed by atoms with Crippen LogP contribution in [0.4, 0.5) is 8.78 Å². The van der Waals surface area contributed by atoms with Crippen LogP contribution in [0.3, 0.4) is 0 Å². The number of carbonyl (C=O) groups excluding carboxylic acids is 1. The fraction of sp³-hybridized carbons (Fsp3) is 0.350. The molecule has 2 fully saturated rings. The zero-order valence-electron chi connectivity index (χ0n) is 15.1. The van der Waals surface area contributed by atoms with Gasteiger partial charge >= 0.3 is 0 Å². The van der Waals surface area contributed by atoms with Gasteiger partial charge in [0.15, 0.2) is 0 Å². The summed E-state index contributed by atoms with van der Waals surface area (Å²) in [6, 6.07) is 9.12. The van der Waals surface area contributed by atoms with E-state index >= 15 is 0 Å². The van der Waals surface area contributed by atoms with Gasteiger partial charge in [-0.2, -0.15) is 4.31 Å². The molecule has 0 spiro atoms. The Morgan fingerprint density at radius 1 is 1.04 bits per heavy atom. The summed E-state index contributed by atoms with van der Waals surface area (Å²) in [5, 5.41) is 2.89. The zero-order chi connectivity index (χ0) is 19.9. The Morgan fingerprint density at radius 3 is 2.32 bits per heavy atom. The molecule has 0 heterocycles. The lowest BCUT2D eigenvalue weighted by Crippen LogP contribution is -2.33. The van der Waals surface area contributed by atoms with Gasteiger partial charge in [-0.25, -0.2) is 17.2 Å². The van der Waals surface area contributed by atoms with E-state index in [1.165, 1.54) is 4.31 Å². The van der Waals surface area contributed by atoms with E-state index < -0.39 is 26.6 Å². The third-order valence-corrected chi connectivity index (χ3v) is 6.81. The number of sulfonamides is 1. The molecule has 4 rings (SSSR count). The Labute approximate surface area is 162 Å². The summed E-state index contributed by atoms with van der Waals surface area (Å²) in [6.45, 7) is 0.0352. The number of nitrogens with zero attached hydrogens (tertiary/aromatic N) is 1. The molecule has 2 aromatic rings. The first-order chi connectivity index (χ1) is 13.3. The van der Waals surface area contributed by atoms with Gasteiger partial charge in [0.25, 0.3) is 5.91 Å². The van der Waals surface area contributed by atoms with Crippen LogP contribution in [-0.2, 0) is 16.6 Å². The van der Waals surface area contributed by atoms with Crippen LogP contribution in [-0.4, -0.2) is 30.7 Å². The second-order valence-corrected chi connectivity index (χ2v) is 9.16. The van der Waals surface area contributed by atoms with E-state index in [1.807, 2.05) is 0 Å². The topological polar surface area (TPSA) is 66.5 Å². The van der Waals surface area contributed by atoms with Crippen molar-refractivity contribution in [3.05, 3.63) is 65.2 Å². The molecule has 0 aromatic heterocycles. The van der Waals surface area contributed by atoms with Crippen molar-refractivity contribution in [2.45, 2.75) is 49.2 Å². The summed E-state index contributed by atoms with van der Waals surface area (Å²) in [5.41, 5.74) is 1.18. The molecule has 0 atom stereocenters. The molecular formula is C20H20F2N2O3S. The quantitative estimate of drug-likeness (QED) is 0.768. The van der Waals surface area contributed by atoms with Gasteiger partial charge in [-0.3, -0.25) is 4.79 Å². The summed E-state index contributed by atoms with van der Waals surface area (Å²) in [7, 11) is -4.18. The minimum absolute atomic E-state index is 0.0352. The first-order valence-electron chi connectivity index (χ1n) is 9.21. The maximum Gasteiger partial charge on any atom is 0.251 e. The molecule has 148 valence electrons. The van der Waals surface area contributed by atoms with Crippen LogP contribution in [0, 0.1) is 11.6 Å². The van der Waals surface area contributed by atoms with Crippen LogP contribution in [0.1, 0.15) is 41.6 Å². The van der Waals surface area contributed by atoms with Crippen LogP contribution in [0.5, 0.6) is 0 Å². The smallest absolute Gasteiger partial charge is 0.251 e. The standard InChI is InChI=1S/C20H20F2N2O3S/c21-15-5-10-18(22)19(11-15)28(26,27)24(17-8-9-17)12-13-1-3-14(4-2-13)20(25)23-16-6-7-16/h1-5,10-11,16-17H,6-9,12H2,(H,23,25). The lowest BCUT2D eigenvalue weighted by molar-refractivity contribution is 0.0951. The van der Waals surface area contributed by atoms with Crippen molar-refractivity contribution in [1.82, 2.24) is 9.62 Å². The van der Waals surface area contributed by atoms with E-state index in [-0.39, 0.29) is 24.5 Å². The number of amides is 1. The average Bonchev–Trinajstić information content (AvgIpc) is 3.57. The maximum atomic E-state index is 14.1. The second-order valence-electron chi connectivity index (χ2n) is 7.30. The van der Waals surface area contributed by atoms with Crippen LogP contribution < -0.4 is 5.32 Å². The Balaban J connectivity index is 1.55. The lowest BCUT2D eigenvalue weighted by atomic mass is 10.1. The molecule has 1 N–H and O–H groups in total. The van der Waals surface area contributed by atoms with Crippen molar-refractivity contribution in [3.8, 4) is 0 Å². The zero-order valence-corrected chi connectivity index (χ0v) is 15.9. The predicted octanol–water partition coefficient (Wildman–Crippen LogP) is 3.21. The highest BCUT2D eigenvalue weighted by molar-refractivity contribution is 7.89. The van der Waals surface area contributed by atoms with E-state index in [2.05, 4.69) is 5.32 Å². The predicted molar refractivity (Wildman–Crippen MR) is 99.0 cm³/mol. The number of halogens is 2. The van der Waals surface area contributed by atoms with E-state index in [1.54, 1.807) is 24.3 Å². The largest absolute Gasteiger partial charge is 0.349 e. The van der Waals surface area contributed by atoms with Crippen molar-refractivity contribution in [2.75, 3.05) is 0 Å². The Kier molecular flexibility index (Phi) is 4.93. The summed E-state index contributed by atoms with van der Waals surface area (Å²) in [4.78, 5) is 11.4. The van der Waals surface area contributed by atoms with E-state index in [9.17, 15) is 22.0 Å².